The van der Waals surface area contributed by atoms with Gasteiger partial charge in [-0.05, 0) is 27.7 Å². The normalized spacial score (nSPS) is 41.3. The zero-order valence-corrected chi connectivity index (χ0v) is 12.4. The fourth-order valence-electron chi connectivity index (χ4n) is 2.99. The van der Waals surface area contributed by atoms with Crippen LogP contribution in [0.3, 0.4) is 0 Å². The second-order valence-electron chi connectivity index (χ2n) is 5.26. The number of carbonyl (C=O) groups is 2. The average Bonchev–Trinajstić information content (AvgIpc) is 2.53. The monoisotopic (exact) mass is 269 g/mol. The maximum atomic E-state index is 12.5. The summed E-state index contributed by atoms with van der Waals surface area (Å²) in [7, 11) is 2.68. The van der Waals surface area contributed by atoms with Crippen LogP contribution in [0.25, 0.3) is 0 Å². The third-order valence-corrected chi connectivity index (χ3v) is 5.50. The number of hydrogen-bond donors (Lipinski definition) is 0. The molecule has 0 aliphatic carbocycles. The molecule has 2 fully saturated rings. The van der Waals surface area contributed by atoms with Crippen LogP contribution >= 0.6 is 9.39 Å². The van der Waals surface area contributed by atoms with Crippen molar-refractivity contribution in [2.75, 3.05) is 0 Å². The lowest BCUT2D eigenvalue weighted by Crippen LogP contribution is -2.69. The number of imide groups is 1. The summed E-state index contributed by atoms with van der Waals surface area (Å²) >= 11 is 0. The molecule has 5 atom stereocenters. The molecule has 0 bridgehead atoms. The first-order valence-electron chi connectivity index (χ1n) is 6.11. The lowest BCUT2D eigenvalue weighted by molar-refractivity contribution is -0.137. The van der Waals surface area contributed by atoms with E-state index in [2.05, 4.69) is 27.6 Å². The number of fused-ring (bicyclic) bond motifs is 1. The summed E-state index contributed by atoms with van der Waals surface area (Å²) in [6.45, 7) is 11.4. The van der Waals surface area contributed by atoms with Crippen LogP contribution in [0, 0.1) is 0 Å². The molecule has 3 amide bonds. The quantitative estimate of drug-likeness (QED) is 0.534. The second-order valence-corrected chi connectivity index (χ2v) is 5.86. The Labute approximate surface area is 110 Å². The highest BCUT2D eigenvalue weighted by Crippen LogP contribution is 2.42. The maximum absolute atomic E-state index is 12.5. The number of nitrogens with zero attached hydrogens (tertiary/aromatic N) is 3. The van der Waals surface area contributed by atoms with Gasteiger partial charge < -0.3 is 4.90 Å². The van der Waals surface area contributed by atoms with Crippen LogP contribution in [-0.2, 0) is 4.79 Å². The van der Waals surface area contributed by atoms with Crippen molar-refractivity contribution in [3.8, 4) is 0 Å². The third kappa shape index (κ3) is 1.35. The van der Waals surface area contributed by atoms with E-state index in [4.69, 9.17) is 0 Å². The van der Waals surface area contributed by atoms with E-state index >= 15 is 0 Å². The van der Waals surface area contributed by atoms with Crippen molar-refractivity contribution >= 4 is 21.3 Å². The van der Waals surface area contributed by atoms with Crippen molar-refractivity contribution in [1.29, 1.82) is 0 Å². The second kappa shape index (κ2) is 4.04. The molecule has 100 valence electrons. The Morgan fingerprint density at radius 3 is 2.33 bits per heavy atom. The predicted octanol–water partition coefficient (Wildman–Crippen LogP) is 1.42. The maximum Gasteiger partial charge on any atom is 0.332 e. The molecule has 0 saturated carbocycles. The minimum absolute atomic E-state index is 0.0231. The summed E-state index contributed by atoms with van der Waals surface area (Å²) < 4.78 is 2.08. The van der Waals surface area contributed by atoms with Crippen LogP contribution < -0.4 is 0 Å². The molecular formula is C12H20N3O2P. The van der Waals surface area contributed by atoms with Gasteiger partial charge in [0.15, 0.2) is 0 Å². The zero-order valence-electron chi connectivity index (χ0n) is 11.3. The van der Waals surface area contributed by atoms with E-state index in [0.29, 0.717) is 0 Å². The van der Waals surface area contributed by atoms with Crippen LogP contribution in [0.4, 0.5) is 4.79 Å². The number of hydrogen-bond acceptors (Lipinski definition) is 3. The van der Waals surface area contributed by atoms with Gasteiger partial charge in [-0.25, -0.2) is 9.69 Å². The number of amides is 3. The minimum Gasteiger partial charge on any atom is -0.304 e. The van der Waals surface area contributed by atoms with Gasteiger partial charge in [-0.3, -0.25) is 9.46 Å². The molecule has 2 aliphatic heterocycles. The SMILES string of the molecule is C=CN1C(=O)N2C(C)C(C)N(P)C(C)C2(C)C1=O. The number of carbonyl (C=O) groups excluding carboxylic acids is 2. The molecule has 5 unspecified atom stereocenters. The Hall–Kier alpha value is -0.930. The van der Waals surface area contributed by atoms with Crippen molar-refractivity contribution in [3.05, 3.63) is 12.8 Å². The predicted molar refractivity (Wildman–Crippen MR) is 72.6 cm³/mol. The highest BCUT2D eigenvalue weighted by Gasteiger charge is 2.62. The van der Waals surface area contributed by atoms with E-state index in [0.717, 1.165) is 4.90 Å². The first-order chi connectivity index (χ1) is 8.28. The minimum atomic E-state index is -0.820. The lowest BCUT2D eigenvalue weighted by Gasteiger charge is -2.53. The summed E-state index contributed by atoms with van der Waals surface area (Å²) in [5, 5.41) is 0. The summed E-state index contributed by atoms with van der Waals surface area (Å²) in [6.07, 6.45) is 1.31. The van der Waals surface area contributed by atoms with Gasteiger partial charge in [-0.1, -0.05) is 16.0 Å². The van der Waals surface area contributed by atoms with Crippen LogP contribution in [-0.4, -0.2) is 50.1 Å². The van der Waals surface area contributed by atoms with Crippen molar-refractivity contribution in [3.63, 3.8) is 0 Å². The summed E-state index contributed by atoms with van der Waals surface area (Å²) in [4.78, 5) is 27.6. The molecule has 2 aliphatic rings. The topological polar surface area (TPSA) is 43.9 Å². The molecule has 5 nitrogen and oxygen atoms in total. The fraction of sp³-hybridized carbons (Fsp3) is 0.667. The van der Waals surface area contributed by atoms with E-state index in [1.165, 1.54) is 6.20 Å². The highest BCUT2D eigenvalue weighted by molar-refractivity contribution is 7.13. The third-order valence-electron chi connectivity index (χ3n) is 4.58. The van der Waals surface area contributed by atoms with Gasteiger partial charge in [0.1, 0.15) is 5.54 Å². The van der Waals surface area contributed by atoms with Crippen molar-refractivity contribution < 1.29 is 9.59 Å². The zero-order chi connectivity index (χ0) is 13.8. The Morgan fingerprint density at radius 1 is 1.28 bits per heavy atom. The number of rotatable bonds is 1. The van der Waals surface area contributed by atoms with Crippen LogP contribution in [0.5, 0.6) is 0 Å². The molecule has 18 heavy (non-hydrogen) atoms. The molecule has 2 heterocycles. The molecule has 2 saturated heterocycles. The fourth-order valence-corrected chi connectivity index (χ4v) is 3.53. The Balaban J connectivity index is 2.55. The van der Waals surface area contributed by atoms with Gasteiger partial charge >= 0.3 is 6.03 Å². The molecular weight excluding hydrogens is 249 g/mol. The Morgan fingerprint density at radius 2 is 1.83 bits per heavy atom. The molecule has 0 N–H and O–H groups in total. The van der Waals surface area contributed by atoms with E-state index in [1.807, 2.05) is 20.8 Å². The number of piperazine rings is 1. The lowest BCUT2D eigenvalue weighted by atomic mass is 9.85. The van der Waals surface area contributed by atoms with Crippen molar-refractivity contribution in [2.24, 2.45) is 0 Å². The van der Waals surface area contributed by atoms with E-state index < -0.39 is 5.54 Å². The summed E-state index contributed by atoms with van der Waals surface area (Å²) in [5.74, 6) is -0.193. The van der Waals surface area contributed by atoms with Crippen LogP contribution in [0.2, 0.25) is 0 Å². The van der Waals surface area contributed by atoms with Gasteiger partial charge in [-0.2, -0.15) is 0 Å². The molecule has 0 spiro atoms. The van der Waals surface area contributed by atoms with Gasteiger partial charge in [0.05, 0.1) is 0 Å². The first-order valence-corrected chi connectivity index (χ1v) is 6.62. The van der Waals surface area contributed by atoms with Crippen molar-refractivity contribution in [2.45, 2.75) is 51.4 Å². The largest absolute Gasteiger partial charge is 0.332 e. The standard InChI is InChI=1S/C12H20N3O2P/c1-6-13-10(16)12(5)9(4)15(18)8(3)7(2)14(12)11(13)17/h6-9H,1,18H2,2-5H3. The molecule has 0 aromatic rings. The van der Waals surface area contributed by atoms with Gasteiger partial charge in [0.2, 0.25) is 0 Å². The molecule has 6 heteroatoms. The van der Waals surface area contributed by atoms with E-state index in [9.17, 15) is 9.59 Å². The van der Waals surface area contributed by atoms with Crippen LogP contribution in [0.1, 0.15) is 27.7 Å². The van der Waals surface area contributed by atoms with E-state index in [-0.39, 0.29) is 30.1 Å². The summed E-state index contributed by atoms with van der Waals surface area (Å²) in [5.41, 5.74) is -0.820. The smallest absolute Gasteiger partial charge is 0.304 e. The van der Waals surface area contributed by atoms with E-state index in [1.54, 1.807) is 4.90 Å². The van der Waals surface area contributed by atoms with Gasteiger partial charge in [0, 0.05) is 24.3 Å². The molecule has 0 radical (unpaired) electrons. The molecule has 2 rings (SSSR count). The average molecular weight is 269 g/mol. The van der Waals surface area contributed by atoms with Gasteiger partial charge in [-0.15, -0.1) is 0 Å². The van der Waals surface area contributed by atoms with Crippen LogP contribution in [0.15, 0.2) is 12.8 Å². The molecule has 0 aromatic carbocycles. The molecule has 0 aromatic heterocycles. The first kappa shape index (κ1) is 13.5. The highest BCUT2D eigenvalue weighted by atomic mass is 31.0. The Kier molecular flexibility index (Phi) is 3.03. The van der Waals surface area contributed by atoms with Crippen molar-refractivity contribution in [1.82, 2.24) is 14.5 Å². The Bertz CT molecular complexity index is 428. The van der Waals surface area contributed by atoms with Gasteiger partial charge in [0.25, 0.3) is 5.91 Å². The number of urea groups is 1. The summed E-state index contributed by atoms with van der Waals surface area (Å²) in [6, 6.07) is -0.165.